The van der Waals surface area contributed by atoms with Crippen LogP contribution in [0.25, 0.3) is 0 Å². The summed E-state index contributed by atoms with van der Waals surface area (Å²) in [5, 5.41) is 38.2. The zero-order valence-electron chi connectivity index (χ0n) is 26.9. The normalized spacial score (nSPS) is 19.0. The molecule has 49 heavy (non-hydrogen) atoms. The molecule has 5 rings (SSSR count). The number of urea groups is 1. The Kier molecular flexibility index (Phi) is 11.7. The topological polar surface area (TPSA) is 267 Å². The number of aromatic nitrogens is 6. The molecule has 254 valence electrons. The molecular weight excluding hydrogens is 693 g/mol. The third-order valence-corrected chi connectivity index (χ3v) is 9.78. The number of fused-ring (bicyclic) bond motifs is 1. The number of primary amides is 1. The van der Waals surface area contributed by atoms with Gasteiger partial charge in [-0.3, -0.25) is 29.2 Å². The summed E-state index contributed by atoms with van der Waals surface area (Å²) in [5.74, 6) is -3.37. The molecule has 0 bridgehead atoms. The Morgan fingerprint density at radius 3 is 2.53 bits per heavy atom. The van der Waals surface area contributed by atoms with E-state index in [2.05, 4.69) is 36.1 Å². The van der Waals surface area contributed by atoms with Crippen molar-refractivity contribution in [3.05, 3.63) is 57.6 Å². The molecule has 2 aliphatic rings. The number of H-pyrrole nitrogens is 1. The molecule has 1 unspecified atom stereocenters. The number of phenols is 1. The number of carbonyl (C=O) groups excluding carboxylic acids is 4. The van der Waals surface area contributed by atoms with E-state index in [1.54, 1.807) is 7.05 Å². The van der Waals surface area contributed by atoms with Gasteiger partial charge in [-0.05, 0) is 47.5 Å². The van der Waals surface area contributed by atoms with E-state index in [0.29, 0.717) is 15.6 Å². The van der Waals surface area contributed by atoms with Gasteiger partial charge in [0.2, 0.25) is 11.1 Å². The van der Waals surface area contributed by atoms with Crippen LogP contribution in [0.1, 0.15) is 25.5 Å². The number of nitrogens with two attached hydrogens (primary N) is 1. The molecule has 3 atom stereocenters. The number of β-lactam (4-membered cyclic amide) rings is 1. The molecule has 3 aromatic rings. The molecule has 4 heterocycles. The fourth-order valence-corrected chi connectivity index (χ4v) is 7.58. The van der Waals surface area contributed by atoms with E-state index in [4.69, 9.17) is 10.5 Å². The van der Waals surface area contributed by atoms with Gasteiger partial charge in [-0.1, -0.05) is 23.9 Å². The second-order valence-electron chi connectivity index (χ2n) is 10.8. The van der Waals surface area contributed by atoms with Crippen molar-refractivity contribution in [1.29, 1.82) is 0 Å². The minimum absolute atomic E-state index is 0. The minimum Gasteiger partial charge on any atom is -0.543 e. The number of carboxylic acid groups (broad SMARTS) is 1. The number of rotatable bonds is 12. The number of aromatic hydroxyl groups is 1. The van der Waals surface area contributed by atoms with Gasteiger partial charge >= 0.3 is 35.6 Å². The molecule has 0 aliphatic carbocycles. The van der Waals surface area contributed by atoms with Crippen molar-refractivity contribution in [3.8, 4) is 5.75 Å². The second-order valence-corrected chi connectivity index (χ2v) is 12.8. The SMILES string of the molecule is CO[C@@]1(NC(=O)C(c2ccc(O)cc2)N(C(N)=O)c2cnc(NC(C)C)[nH]c2=O)C(=O)N2C(C(=O)[O-])=C(CSc3nnnn3C)CS[C@H]21.[Na+]. The predicted octanol–water partition coefficient (Wildman–Crippen LogP) is -4.38. The first-order chi connectivity index (χ1) is 22.8. The van der Waals surface area contributed by atoms with E-state index in [9.17, 15) is 34.2 Å². The Bertz CT molecular complexity index is 1850. The van der Waals surface area contributed by atoms with Crippen LogP contribution in [0, 0.1) is 0 Å². The van der Waals surface area contributed by atoms with Crippen LogP contribution in [0.15, 0.2) is 51.7 Å². The number of carboxylic acids is 1. The molecule has 2 aromatic heterocycles. The molecular formula is C27H30N11NaO8S2. The summed E-state index contributed by atoms with van der Waals surface area (Å²) in [5.41, 5.74) is 2.50. The molecule has 22 heteroatoms. The Hall–Kier alpha value is -4.15. The molecule has 6 N–H and O–H groups in total. The number of methoxy groups -OCH3 is 1. The molecule has 1 aromatic carbocycles. The van der Waals surface area contributed by atoms with Crippen LogP contribution >= 0.6 is 23.5 Å². The molecule has 0 saturated carbocycles. The number of ether oxygens (including phenoxy) is 1. The van der Waals surface area contributed by atoms with Crippen LogP contribution in [-0.2, 0) is 26.2 Å². The van der Waals surface area contributed by atoms with Gasteiger partial charge in [-0.2, -0.15) is 0 Å². The summed E-state index contributed by atoms with van der Waals surface area (Å²) in [6.07, 6.45) is 1.06. The number of benzene rings is 1. The van der Waals surface area contributed by atoms with Crippen LogP contribution in [0.2, 0.25) is 0 Å². The van der Waals surface area contributed by atoms with Crippen molar-refractivity contribution >= 4 is 59.0 Å². The number of nitrogens with one attached hydrogen (secondary N) is 3. The standard InChI is InChI=1S/C27H31N11O8S2.Na/c1-12(2)30-25-29-9-16(19(40)31-25)37(24(28)45)17(13-5-7-15(39)8-6-13)20(41)32-27(46-4)22(44)38-18(21(42)43)14(10-47-23(27)38)11-48-26-33-34-35-36(26)3;/h5-9,12,17,23,39H,10-11H2,1-4H3,(H2,28,45)(H,32,41)(H,42,43)(H2,29,30,31,40);/q;+1/p-1/t17?,23-,27-;/m0./s1. The summed E-state index contributed by atoms with van der Waals surface area (Å²) >= 11 is 2.28. The van der Waals surface area contributed by atoms with E-state index in [1.807, 2.05) is 13.8 Å². The molecule has 2 aliphatic heterocycles. The van der Waals surface area contributed by atoms with Gasteiger partial charge < -0.3 is 36.1 Å². The number of aryl methyl sites for hydroxylation is 1. The maximum atomic E-state index is 14.2. The fraction of sp³-hybridized carbons (Fsp3) is 0.370. The smallest absolute Gasteiger partial charge is 0.543 e. The molecule has 1 saturated heterocycles. The van der Waals surface area contributed by atoms with Gasteiger partial charge in [0.15, 0.2) is 0 Å². The number of nitrogens with zero attached hydrogens (tertiary/aromatic N) is 7. The second kappa shape index (κ2) is 15.2. The Balaban J connectivity index is 0.00000541. The average molecular weight is 724 g/mol. The third kappa shape index (κ3) is 7.26. The van der Waals surface area contributed by atoms with E-state index in [1.165, 1.54) is 28.9 Å². The van der Waals surface area contributed by atoms with E-state index >= 15 is 0 Å². The average Bonchev–Trinajstić information content (AvgIpc) is 3.45. The quantitative estimate of drug-likeness (QED) is 0.0511. The van der Waals surface area contributed by atoms with Crippen LogP contribution in [0.3, 0.4) is 0 Å². The monoisotopic (exact) mass is 723 g/mol. The number of thioether (sulfide) groups is 2. The van der Waals surface area contributed by atoms with Gasteiger partial charge in [0.25, 0.3) is 23.1 Å². The largest absolute Gasteiger partial charge is 1.00 e. The predicted molar refractivity (Wildman–Crippen MR) is 169 cm³/mol. The van der Waals surface area contributed by atoms with Crippen molar-refractivity contribution < 1.29 is 63.7 Å². The Morgan fingerprint density at radius 2 is 1.98 bits per heavy atom. The number of hydrogen-bond acceptors (Lipinski definition) is 15. The number of aliphatic carboxylic acids is 1. The first kappa shape index (κ1) is 37.7. The van der Waals surface area contributed by atoms with Crippen molar-refractivity contribution in [2.45, 2.75) is 42.2 Å². The first-order valence-corrected chi connectivity index (χ1v) is 16.2. The van der Waals surface area contributed by atoms with Crippen molar-refractivity contribution in [1.82, 2.24) is 40.4 Å². The van der Waals surface area contributed by atoms with E-state index < -0.39 is 52.2 Å². The van der Waals surface area contributed by atoms with Crippen molar-refractivity contribution in [3.63, 3.8) is 0 Å². The molecule has 0 spiro atoms. The number of amides is 4. The van der Waals surface area contributed by atoms with Crippen molar-refractivity contribution in [2.75, 3.05) is 28.8 Å². The van der Waals surface area contributed by atoms with Gasteiger partial charge in [0, 0.05) is 31.7 Å². The zero-order chi connectivity index (χ0) is 34.9. The number of aromatic amines is 1. The Morgan fingerprint density at radius 1 is 1.29 bits per heavy atom. The molecule has 1 fully saturated rings. The molecule has 0 radical (unpaired) electrons. The van der Waals surface area contributed by atoms with E-state index in [0.717, 1.165) is 41.7 Å². The van der Waals surface area contributed by atoms with Crippen LogP contribution in [0.4, 0.5) is 16.4 Å². The first-order valence-electron chi connectivity index (χ1n) is 14.1. The zero-order valence-corrected chi connectivity index (χ0v) is 30.5. The summed E-state index contributed by atoms with van der Waals surface area (Å²) < 4.78 is 6.98. The maximum Gasteiger partial charge on any atom is 1.00 e. The minimum atomic E-state index is -2.09. The summed E-state index contributed by atoms with van der Waals surface area (Å²) in [6.45, 7) is 3.63. The summed E-state index contributed by atoms with van der Waals surface area (Å²) in [6, 6.07) is 2.14. The Labute approximate surface area is 308 Å². The van der Waals surface area contributed by atoms with Gasteiger partial charge in [0.1, 0.15) is 22.9 Å². The van der Waals surface area contributed by atoms with Gasteiger partial charge in [-0.15, -0.1) is 16.9 Å². The molecule has 19 nitrogen and oxygen atoms in total. The molecule has 4 amide bonds. The summed E-state index contributed by atoms with van der Waals surface area (Å²) in [4.78, 5) is 74.7. The number of carbonyl (C=O) groups is 4. The summed E-state index contributed by atoms with van der Waals surface area (Å²) in [7, 11) is 2.77. The number of hydrogen-bond donors (Lipinski definition) is 5. The number of phenolic OH excluding ortho intramolecular Hbond substituents is 1. The third-order valence-electron chi connectivity index (χ3n) is 7.31. The van der Waals surface area contributed by atoms with Crippen molar-refractivity contribution in [2.24, 2.45) is 12.8 Å². The van der Waals surface area contributed by atoms with Crippen LogP contribution in [-0.4, -0.2) is 99.8 Å². The van der Waals surface area contributed by atoms with Crippen LogP contribution in [0.5, 0.6) is 5.75 Å². The maximum absolute atomic E-state index is 14.2. The van der Waals surface area contributed by atoms with Gasteiger partial charge in [0.05, 0.1) is 17.9 Å². The van der Waals surface area contributed by atoms with Gasteiger partial charge in [-0.25, -0.2) is 14.5 Å². The number of tetrazole rings is 1. The fourth-order valence-electron chi connectivity index (χ4n) is 5.16. The number of anilines is 2. The van der Waals surface area contributed by atoms with Crippen LogP contribution < -0.4 is 61.5 Å². The van der Waals surface area contributed by atoms with E-state index in [-0.39, 0.29) is 70.1 Å².